The molecule has 3 heteroatoms. The molecule has 9 heavy (non-hydrogen) atoms. The Balaban J connectivity index is 3.20. The predicted molar refractivity (Wildman–Crippen MR) is 33.7 cm³/mol. The van der Waals surface area contributed by atoms with Crippen LogP contribution in [0.25, 0.3) is 4.98 Å². The Morgan fingerprint density at radius 2 is 2.44 bits per heavy atom. The van der Waals surface area contributed by atoms with Crippen molar-refractivity contribution in [2.24, 2.45) is 0 Å². The van der Waals surface area contributed by atoms with Crippen LogP contribution in [0, 0.1) is 12.3 Å². The number of nitrogens with zero attached hydrogens (tertiary/aromatic N) is 3. The van der Waals surface area contributed by atoms with E-state index in [1.807, 2.05) is 13.0 Å². The highest BCUT2D eigenvalue weighted by Crippen LogP contribution is 2.11. The van der Waals surface area contributed by atoms with Gasteiger partial charge in [0.2, 0.25) is 0 Å². The van der Waals surface area contributed by atoms with Gasteiger partial charge in [-0.3, -0.25) is 0 Å². The van der Waals surface area contributed by atoms with E-state index in [9.17, 15) is 0 Å². The highest BCUT2D eigenvalue weighted by atomic mass is 15.0. The molecule has 0 spiro atoms. The number of aryl methyl sites for hydroxylation is 1. The quantitative estimate of drug-likeness (QED) is 0.490. The molecule has 1 aromatic rings. The summed E-state index contributed by atoms with van der Waals surface area (Å²) < 4.78 is 0. The minimum Gasteiger partial charge on any atom is -0.0457 e. The van der Waals surface area contributed by atoms with Crippen LogP contribution in [0.4, 0.5) is 5.82 Å². The van der Waals surface area contributed by atoms with Crippen molar-refractivity contribution in [1.29, 1.82) is 5.39 Å². The first-order valence-corrected chi connectivity index (χ1v) is 2.61. The van der Waals surface area contributed by atoms with E-state index >= 15 is 0 Å². The van der Waals surface area contributed by atoms with E-state index in [1.165, 1.54) is 0 Å². The zero-order valence-electron chi connectivity index (χ0n) is 5.07. The average molecular weight is 120 g/mol. The van der Waals surface area contributed by atoms with Crippen molar-refractivity contribution >= 4 is 5.82 Å². The Kier molecular flexibility index (Phi) is 1.41. The Hall–Kier alpha value is -1.43. The Morgan fingerprint density at radius 3 is 2.89 bits per heavy atom. The number of aromatic nitrogens is 1. The number of hydrogen-bond acceptors (Lipinski definition) is 2. The summed E-state index contributed by atoms with van der Waals surface area (Å²) in [6.45, 7) is 1.84. The molecule has 0 saturated carbocycles. The van der Waals surface area contributed by atoms with Gasteiger partial charge in [0.25, 0.3) is 0 Å². The summed E-state index contributed by atoms with van der Waals surface area (Å²) in [5.41, 5.74) is 0.875. The zero-order chi connectivity index (χ0) is 6.69. The first-order valence-electron chi connectivity index (χ1n) is 2.61. The van der Waals surface area contributed by atoms with Gasteiger partial charge in [-0.2, -0.15) is 0 Å². The second-order valence-corrected chi connectivity index (χ2v) is 1.74. The molecule has 0 aliphatic rings. The molecule has 0 N–H and O–H groups in total. The summed E-state index contributed by atoms with van der Waals surface area (Å²) in [5.74, 6) is 0.387. The van der Waals surface area contributed by atoms with Crippen molar-refractivity contribution < 1.29 is 0 Å². The average Bonchev–Trinajstić information content (AvgIpc) is 1.89. The lowest BCUT2D eigenvalue weighted by atomic mass is 10.3. The molecule has 1 rings (SSSR count). The van der Waals surface area contributed by atoms with Crippen LogP contribution in [0.15, 0.2) is 18.3 Å². The molecule has 0 amide bonds. The fourth-order valence-corrected chi connectivity index (χ4v) is 0.582. The lowest BCUT2D eigenvalue weighted by Crippen LogP contribution is -1.74. The number of pyridine rings is 1. The topological polar surface area (TPSA) is 41.0 Å². The SMILES string of the molecule is Cc1cccnc1[N+]#N. The maximum atomic E-state index is 8.28. The zero-order valence-corrected chi connectivity index (χ0v) is 5.07. The first-order chi connectivity index (χ1) is 4.34. The van der Waals surface area contributed by atoms with Crippen LogP contribution in [-0.2, 0) is 0 Å². The second kappa shape index (κ2) is 2.23. The van der Waals surface area contributed by atoms with Gasteiger partial charge in [0, 0.05) is 4.98 Å². The molecule has 0 bridgehead atoms. The van der Waals surface area contributed by atoms with Crippen molar-refractivity contribution in [1.82, 2.24) is 4.98 Å². The van der Waals surface area contributed by atoms with Crippen LogP contribution in [0.1, 0.15) is 5.56 Å². The van der Waals surface area contributed by atoms with Gasteiger partial charge < -0.3 is 0 Å². The fourth-order valence-electron chi connectivity index (χ4n) is 0.582. The molecular weight excluding hydrogens is 114 g/mol. The molecule has 0 aliphatic carbocycles. The number of hydrogen-bond donors (Lipinski definition) is 0. The molecule has 0 fully saturated rings. The van der Waals surface area contributed by atoms with Gasteiger partial charge in [0.1, 0.15) is 6.20 Å². The van der Waals surface area contributed by atoms with E-state index in [-0.39, 0.29) is 0 Å². The smallest absolute Gasteiger partial charge is 0.0457 e. The molecule has 1 heterocycles. The van der Waals surface area contributed by atoms with Crippen molar-refractivity contribution in [3.05, 3.63) is 28.9 Å². The van der Waals surface area contributed by atoms with Gasteiger partial charge in [-0.25, -0.2) is 0 Å². The van der Waals surface area contributed by atoms with Gasteiger partial charge in [-0.1, -0.05) is 0 Å². The maximum absolute atomic E-state index is 8.28. The van der Waals surface area contributed by atoms with Crippen LogP contribution in [-0.4, -0.2) is 4.98 Å². The fraction of sp³-hybridized carbons (Fsp3) is 0.167. The van der Waals surface area contributed by atoms with Crippen molar-refractivity contribution in [3.63, 3.8) is 0 Å². The largest absolute Gasteiger partial charge is 0.467 e. The van der Waals surface area contributed by atoms with E-state index in [1.54, 1.807) is 12.3 Å². The van der Waals surface area contributed by atoms with E-state index < -0.39 is 0 Å². The summed E-state index contributed by atoms with van der Waals surface area (Å²) in [5, 5.41) is 8.28. The highest BCUT2D eigenvalue weighted by molar-refractivity contribution is 5.42. The Labute approximate surface area is 53.0 Å². The minimum absolute atomic E-state index is 0.387. The summed E-state index contributed by atoms with van der Waals surface area (Å²) >= 11 is 0. The van der Waals surface area contributed by atoms with E-state index in [2.05, 4.69) is 9.96 Å². The van der Waals surface area contributed by atoms with Gasteiger partial charge in [0.05, 0.1) is 11.0 Å². The van der Waals surface area contributed by atoms with E-state index in [0.717, 1.165) is 5.56 Å². The summed E-state index contributed by atoms with van der Waals surface area (Å²) in [4.78, 5) is 6.74. The summed E-state index contributed by atoms with van der Waals surface area (Å²) in [6.07, 6.45) is 1.59. The number of rotatable bonds is 0. The third-order valence-electron chi connectivity index (χ3n) is 1.08. The van der Waals surface area contributed by atoms with Gasteiger partial charge in [-0.05, 0) is 24.0 Å². The second-order valence-electron chi connectivity index (χ2n) is 1.74. The van der Waals surface area contributed by atoms with Gasteiger partial charge in [-0.15, -0.1) is 0 Å². The maximum Gasteiger partial charge on any atom is 0.467 e. The first kappa shape index (κ1) is 5.70. The number of diazo groups is 1. The molecule has 0 aromatic carbocycles. The molecule has 0 radical (unpaired) electrons. The van der Waals surface area contributed by atoms with E-state index in [4.69, 9.17) is 5.39 Å². The molecular formula is C6H6N3+. The summed E-state index contributed by atoms with van der Waals surface area (Å²) in [7, 11) is 0. The third kappa shape index (κ3) is 1.03. The van der Waals surface area contributed by atoms with Crippen molar-refractivity contribution in [2.45, 2.75) is 6.92 Å². The lowest BCUT2D eigenvalue weighted by Gasteiger charge is -1.78. The monoisotopic (exact) mass is 120 g/mol. The van der Waals surface area contributed by atoms with Gasteiger partial charge >= 0.3 is 5.82 Å². The molecule has 1 aromatic heterocycles. The van der Waals surface area contributed by atoms with Crippen LogP contribution < -0.4 is 0 Å². The Bertz CT molecular complexity index is 249. The minimum atomic E-state index is 0.387. The molecule has 0 atom stereocenters. The summed E-state index contributed by atoms with van der Waals surface area (Å²) in [6, 6.07) is 3.63. The molecule has 0 unspecified atom stereocenters. The highest BCUT2D eigenvalue weighted by Gasteiger charge is 2.06. The van der Waals surface area contributed by atoms with Crippen LogP contribution in [0.3, 0.4) is 0 Å². The molecule has 44 valence electrons. The van der Waals surface area contributed by atoms with Crippen LogP contribution in [0.5, 0.6) is 0 Å². The predicted octanol–water partition coefficient (Wildman–Crippen LogP) is 1.87. The lowest BCUT2D eigenvalue weighted by molar-refractivity contribution is 1.27. The molecule has 0 aliphatic heterocycles. The van der Waals surface area contributed by atoms with Crippen molar-refractivity contribution in [3.8, 4) is 0 Å². The molecule has 3 nitrogen and oxygen atoms in total. The van der Waals surface area contributed by atoms with Crippen LogP contribution in [0.2, 0.25) is 0 Å². The van der Waals surface area contributed by atoms with Gasteiger partial charge in [0.15, 0.2) is 0 Å². The van der Waals surface area contributed by atoms with Crippen molar-refractivity contribution in [2.75, 3.05) is 0 Å². The van der Waals surface area contributed by atoms with Crippen LogP contribution >= 0.6 is 0 Å². The third-order valence-corrected chi connectivity index (χ3v) is 1.08. The van der Waals surface area contributed by atoms with E-state index in [0.29, 0.717) is 5.82 Å². The normalized spacial score (nSPS) is 8.44. The standard InChI is InChI=1S/C6H6N3/c1-5-3-2-4-8-6(5)9-7/h2-4H,1H3/q+1. The molecule has 0 saturated heterocycles. The Morgan fingerprint density at radius 1 is 1.67 bits per heavy atom.